The molecule has 4 nitrogen and oxygen atoms in total. The molecule has 4 aromatic rings. The highest BCUT2D eigenvalue weighted by atomic mass is 32.1. The molecule has 1 N–H and O–H groups in total. The van der Waals surface area contributed by atoms with Crippen LogP contribution in [0.25, 0.3) is 10.2 Å². The Labute approximate surface area is 180 Å². The van der Waals surface area contributed by atoms with Gasteiger partial charge in [0.05, 0.1) is 16.8 Å². The van der Waals surface area contributed by atoms with Gasteiger partial charge in [0.25, 0.3) is 0 Å². The van der Waals surface area contributed by atoms with Crippen molar-refractivity contribution in [3.63, 3.8) is 0 Å². The van der Waals surface area contributed by atoms with Crippen LogP contribution < -0.4 is 5.32 Å². The van der Waals surface area contributed by atoms with Crippen molar-refractivity contribution >= 4 is 27.5 Å². The second-order valence-electron chi connectivity index (χ2n) is 7.22. The Morgan fingerprint density at radius 2 is 1.53 bits per heavy atom. The van der Waals surface area contributed by atoms with Gasteiger partial charge >= 0.3 is 0 Å². The van der Waals surface area contributed by atoms with Gasteiger partial charge in [-0.15, -0.1) is 11.3 Å². The molecule has 0 radical (unpaired) electrons. The fourth-order valence-electron chi connectivity index (χ4n) is 3.68. The second kappa shape index (κ2) is 9.65. The van der Waals surface area contributed by atoms with Crippen LogP contribution in [-0.4, -0.2) is 23.5 Å². The zero-order chi connectivity index (χ0) is 20.8. The number of hydrogen-bond donors (Lipinski definition) is 1. The Bertz CT molecular complexity index is 1020. The van der Waals surface area contributed by atoms with Gasteiger partial charge in [0.2, 0.25) is 5.91 Å². The average molecular weight is 417 g/mol. The number of rotatable bonds is 8. The molecule has 0 saturated heterocycles. The smallest absolute Gasteiger partial charge is 0.246 e. The molecule has 30 heavy (non-hydrogen) atoms. The molecule has 1 heterocycles. The van der Waals surface area contributed by atoms with Crippen molar-refractivity contribution in [3.8, 4) is 0 Å². The molecular weight excluding hydrogens is 392 g/mol. The first kappa shape index (κ1) is 20.3. The summed E-state index contributed by atoms with van der Waals surface area (Å²) in [6.07, 6.45) is 0. The third-order valence-corrected chi connectivity index (χ3v) is 6.01. The number of nitrogens with zero attached hydrogens (tertiary/aromatic N) is 1. The highest BCUT2D eigenvalue weighted by Gasteiger charge is 2.22. The first-order valence-corrected chi connectivity index (χ1v) is 10.8. The van der Waals surface area contributed by atoms with E-state index in [1.807, 2.05) is 67.6 Å². The summed E-state index contributed by atoms with van der Waals surface area (Å²) in [5.74, 6) is -0.0546. The minimum atomic E-state index is -0.125. The Morgan fingerprint density at radius 1 is 0.933 bits per heavy atom. The number of ether oxygens (including phenoxy) is 1. The molecular formula is C25H24N2O2S. The molecule has 0 fully saturated rings. The second-order valence-corrected chi connectivity index (χ2v) is 8.34. The van der Waals surface area contributed by atoms with Crippen molar-refractivity contribution < 1.29 is 9.53 Å². The molecule has 0 spiro atoms. The van der Waals surface area contributed by atoms with Crippen LogP contribution in [0.15, 0.2) is 84.9 Å². The standard InChI is InChI=1S/C25H24N2O2S/c1-18(25(19-10-4-2-5-11-19)20-12-6-3-7-13-20)26-23(28)16-29-17-24-27-21-14-8-9-15-22(21)30-24/h2-15,18,25H,16-17H2,1H3,(H,26,28). The van der Waals surface area contributed by atoms with Gasteiger partial charge in [-0.05, 0) is 30.2 Å². The number of benzene rings is 3. The van der Waals surface area contributed by atoms with Crippen molar-refractivity contribution in [2.24, 2.45) is 0 Å². The summed E-state index contributed by atoms with van der Waals surface area (Å²) in [6.45, 7) is 2.38. The zero-order valence-electron chi connectivity index (χ0n) is 16.8. The van der Waals surface area contributed by atoms with Crippen molar-refractivity contribution in [3.05, 3.63) is 101 Å². The molecule has 1 unspecified atom stereocenters. The highest BCUT2D eigenvalue weighted by Crippen LogP contribution is 2.28. The quantitative estimate of drug-likeness (QED) is 0.432. The molecule has 0 aliphatic rings. The topological polar surface area (TPSA) is 51.2 Å². The number of thiazole rings is 1. The van der Waals surface area contributed by atoms with Crippen molar-refractivity contribution in [2.45, 2.75) is 25.5 Å². The van der Waals surface area contributed by atoms with Crippen LogP contribution in [0.5, 0.6) is 0 Å². The largest absolute Gasteiger partial charge is 0.364 e. The first-order valence-electron chi connectivity index (χ1n) is 10.0. The normalized spacial score (nSPS) is 12.2. The van der Waals surface area contributed by atoms with Gasteiger partial charge in [-0.2, -0.15) is 0 Å². The fraction of sp³-hybridized carbons (Fsp3) is 0.200. The summed E-state index contributed by atoms with van der Waals surface area (Å²) in [5, 5.41) is 3.99. The number of aromatic nitrogens is 1. The van der Waals surface area contributed by atoms with Crippen molar-refractivity contribution in [2.75, 3.05) is 6.61 Å². The maximum absolute atomic E-state index is 12.5. The number of amides is 1. The molecule has 0 saturated carbocycles. The molecule has 4 rings (SSSR count). The average Bonchev–Trinajstić information content (AvgIpc) is 3.18. The van der Waals surface area contributed by atoms with E-state index >= 15 is 0 Å². The lowest BCUT2D eigenvalue weighted by Gasteiger charge is -2.26. The summed E-state index contributed by atoms with van der Waals surface area (Å²) < 4.78 is 6.77. The Hall–Kier alpha value is -3.02. The summed E-state index contributed by atoms with van der Waals surface area (Å²) >= 11 is 1.59. The predicted molar refractivity (Wildman–Crippen MR) is 122 cm³/mol. The van der Waals surface area contributed by atoms with E-state index < -0.39 is 0 Å². The highest BCUT2D eigenvalue weighted by molar-refractivity contribution is 7.18. The van der Waals surface area contributed by atoms with E-state index in [4.69, 9.17) is 4.74 Å². The molecule has 152 valence electrons. The van der Waals surface area contributed by atoms with E-state index in [1.165, 1.54) is 11.1 Å². The van der Waals surface area contributed by atoms with Crippen LogP contribution in [0.3, 0.4) is 0 Å². The van der Waals surface area contributed by atoms with Crippen LogP contribution in [0.2, 0.25) is 0 Å². The summed E-state index contributed by atoms with van der Waals surface area (Å²) in [6, 6.07) is 28.4. The van der Waals surface area contributed by atoms with Gasteiger partial charge < -0.3 is 10.1 Å². The number of hydrogen-bond acceptors (Lipinski definition) is 4. The summed E-state index contributed by atoms with van der Waals surface area (Å²) in [5.41, 5.74) is 3.31. The van der Waals surface area contributed by atoms with E-state index in [9.17, 15) is 4.79 Å². The molecule has 0 bridgehead atoms. The van der Waals surface area contributed by atoms with E-state index in [2.05, 4.69) is 34.6 Å². The number of carbonyl (C=O) groups is 1. The lowest BCUT2D eigenvalue weighted by Crippen LogP contribution is -2.39. The molecule has 1 amide bonds. The van der Waals surface area contributed by atoms with Gasteiger partial charge in [-0.1, -0.05) is 72.8 Å². The molecule has 3 aromatic carbocycles. The SMILES string of the molecule is CC(NC(=O)COCc1nc2ccccc2s1)C(c1ccccc1)c1ccccc1. The third-order valence-electron chi connectivity index (χ3n) is 5.00. The summed E-state index contributed by atoms with van der Waals surface area (Å²) in [7, 11) is 0. The van der Waals surface area contributed by atoms with Gasteiger partial charge in [0.1, 0.15) is 11.6 Å². The van der Waals surface area contributed by atoms with Gasteiger partial charge in [0.15, 0.2) is 0 Å². The van der Waals surface area contributed by atoms with Gasteiger partial charge in [0, 0.05) is 12.0 Å². The number of carbonyl (C=O) groups excluding carboxylic acids is 1. The van der Waals surface area contributed by atoms with Crippen LogP contribution in [-0.2, 0) is 16.1 Å². The van der Waals surface area contributed by atoms with Gasteiger partial charge in [-0.3, -0.25) is 4.79 Å². The minimum Gasteiger partial charge on any atom is -0.364 e. The first-order chi connectivity index (χ1) is 14.7. The molecule has 1 aromatic heterocycles. The number of fused-ring (bicyclic) bond motifs is 1. The lowest BCUT2D eigenvalue weighted by molar-refractivity contribution is -0.126. The Kier molecular flexibility index (Phi) is 6.52. The molecule has 0 aliphatic heterocycles. The third kappa shape index (κ3) is 4.93. The molecule has 0 aliphatic carbocycles. The maximum Gasteiger partial charge on any atom is 0.246 e. The number of nitrogens with one attached hydrogen (secondary N) is 1. The fourth-order valence-corrected chi connectivity index (χ4v) is 4.59. The van der Waals surface area contributed by atoms with Crippen molar-refractivity contribution in [1.82, 2.24) is 10.3 Å². The van der Waals surface area contributed by atoms with E-state index in [0.29, 0.717) is 6.61 Å². The monoisotopic (exact) mass is 416 g/mol. The Balaban J connectivity index is 1.37. The van der Waals surface area contributed by atoms with Crippen molar-refractivity contribution in [1.29, 1.82) is 0 Å². The van der Waals surface area contributed by atoms with E-state index in [0.717, 1.165) is 15.2 Å². The number of para-hydroxylation sites is 1. The lowest BCUT2D eigenvalue weighted by atomic mass is 9.86. The zero-order valence-corrected chi connectivity index (χ0v) is 17.6. The van der Waals surface area contributed by atoms with E-state index in [1.54, 1.807) is 11.3 Å². The maximum atomic E-state index is 12.5. The predicted octanol–water partition coefficient (Wildman–Crippen LogP) is 5.15. The van der Waals surface area contributed by atoms with Crippen LogP contribution >= 0.6 is 11.3 Å². The minimum absolute atomic E-state index is 0.0105. The molecule has 1 atom stereocenters. The van der Waals surface area contributed by atoms with Crippen LogP contribution in [0.4, 0.5) is 0 Å². The summed E-state index contributed by atoms with van der Waals surface area (Å²) in [4.78, 5) is 17.1. The molecule has 5 heteroatoms. The van der Waals surface area contributed by atoms with E-state index in [-0.39, 0.29) is 24.5 Å². The van der Waals surface area contributed by atoms with Crippen LogP contribution in [0.1, 0.15) is 29.0 Å². The van der Waals surface area contributed by atoms with Crippen LogP contribution in [0, 0.1) is 0 Å². The Morgan fingerprint density at radius 3 is 2.17 bits per heavy atom. The van der Waals surface area contributed by atoms with Gasteiger partial charge in [-0.25, -0.2) is 4.98 Å².